The topological polar surface area (TPSA) is 34.1 Å². The summed E-state index contributed by atoms with van der Waals surface area (Å²) in [6.07, 6.45) is 6.95. The molecule has 0 aliphatic heterocycles. The van der Waals surface area contributed by atoms with Crippen molar-refractivity contribution in [1.82, 2.24) is 0 Å². The van der Waals surface area contributed by atoms with Crippen molar-refractivity contribution in [3.05, 3.63) is 75.2 Å². The van der Waals surface area contributed by atoms with Crippen LogP contribution in [-0.4, -0.2) is 11.6 Å². The Bertz CT molecular complexity index is 930. The van der Waals surface area contributed by atoms with E-state index in [0.717, 1.165) is 27.1 Å². The van der Waals surface area contributed by atoms with Gasteiger partial charge in [-0.05, 0) is 51.9 Å². The minimum absolute atomic E-state index is 0.0244. The van der Waals surface area contributed by atoms with E-state index < -0.39 is 0 Å². The van der Waals surface area contributed by atoms with Gasteiger partial charge in [0.05, 0.1) is 0 Å². The van der Waals surface area contributed by atoms with E-state index in [1.165, 1.54) is 0 Å². The third-order valence-corrected chi connectivity index (χ3v) is 3.74. The predicted molar refractivity (Wildman–Crippen MR) is 77.6 cm³/mol. The lowest BCUT2D eigenvalue weighted by Gasteiger charge is -2.13. The molecule has 0 saturated carbocycles. The van der Waals surface area contributed by atoms with Gasteiger partial charge < -0.3 is 0 Å². The molecule has 0 spiro atoms. The largest absolute Gasteiger partial charge is 0.290 e. The van der Waals surface area contributed by atoms with Crippen molar-refractivity contribution in [2.45, 2.75) is 0 Å². The van der Waals surface area contributed by atoms with Crippen molar-refractivity contribution in [2.24, 2.45) is 0 Å². The van der Waals surface area contributed by atoms with E-state index in [2.05, 4.69) is 0 Å². The van der Waals surface area contributed by atoms with Gasteiger partial charge in [-0.3, -0.25) is 9.59 Å². The zero-order valence-corrected chi connectivity index (χ0v) is 10.6. The Kier molecular flexibility index (Phi) is 2.15. The van der Waals surface area contributed by atoms with Crippen LogP contribution in [0.15, 0.2) is 42.5 Å². The molecule has 0 saturated heterocycles. The average molecular weight is 258 g/mol. The van der Waals surface area contributed by atoms with Crippen molar-refractivity contribution in [1.29, 1.82) is 0 Å². The van der Waals surface area contributed by atoms with Crippen LogP contribution in [0.5, 0.6) is 0 Å². The van der Waals surface area contributed by atoms with Crippen molar-refractivity contribution >= 4 is 29.8 Å². The Morgan fingerprint density at radius 1 is 0.700 bits per heavy atom. The lowest BCUT2D eigenvalue weighted by molar-refractivity contribution is -0.109. The summed E-state index contributed by atoms with van der Waals surface area (Å²) in [6.45, 7) is 0. The normalized spacial score (nSPS) is 14.8. The highest BCUT2D eigenvalue weighted by Gasteiger charge is 2.19. The molecule has 2 aromatic carbocycles. The van der Waals surface area contributed by atoms with E-state index in [9.17, 15) is 9.59 Å². The Morgan fingerprint density at radius 2 is 1.55 bits per heavy atom. The molecule has 0 amide bonds. The fourth-order valence-corrected chi connectivity index (χ4v) is 2.75. The average Bonchev–Trinajstić information content (AvgIpc) is 2.46. The van der Waals surface area contributed by atoms with Gasteiger partial charge in [0.15, 0.2) is 11.6 Å². The van der Waals surface area contributed by atoms with Crippen molar-refractivity contribution in [3.8, 4) is 0 Å². The highest BCUT2D eigenvalue weighted by molar-refractivity contribution is 6.17. The molecule has 0 N–H and O–H groups in total. The molecule has 0 unspecified atom stereocenters. The van der Waals surface area contributed by atoms with Crippen LogP contribution in [0.1, 0.15) is 27.0 Å². The number of hydrogen-bond acceptors (Lipinski definition) is 2. The first-order valence-electron chi connectivity index (χ1n) is 6.46. The van der Waals surface area contributed by atoms with E-state index in [1.807, 2.05) is 42.5 Å². The number of carbonyl (C=O) groups excluding carboxylic acids is 2. The maximum atomic E-state index is 12.5. The van der Waals surface area contributed by atoms with Crippen LogP contribution >= 0.6 is 0 Å². The highest BCUT2D eigenvalue weighted by atomic mass is 16.1. The molecule has 0 fully saturated rings. The van der Waals surface area contributed by atoms with Crippen molar-refractivity contribution in [3.63, 3.8) is 0 Å². The maximum Gasteiger partial charge on any atom is 0.194 e. The summed E-state index contributed by atoms with van der Waals surface area (Å²) in [5.41, 5.74) is 3.32. The highest BCUT2D eigenvalue weighted by Crippen LogP contribution is 2.17. The molecule has 2 nitrogen and oxygen atoms in total. The van der Waals surface area contributed by atoms with Gasteiger partial charge >= 0.3 is 0 Å². The maximum absolute atomic E-state index is 12.5. The van der Waals surface area contributed by atoms with Crippen LogP contribution in [0.3, 0.4) is 0 Å². The zero-order chi connectivity index (χ0) is 13.7. The first-order valence-corrected chi connectivity index (χ1v) is 6.46. The smallest absolute Gasteiger partial charge is 0.194 e. The van der Waals surface area contributed by atoms with E-state index in [0.29, 0.717) is 5.56 Å². The van der Waals surface area contributed by atoms with Gasteiger partial charge in [0.25, 0.3) is 0 Å². The molecule has 0 bridgehead atoms. The first-order chi connectivity index (χ1) is 9.72. The number of fused-ring (bicyclic) bond motifs is 3. The van der Waals surface area contributed by atoms with E-state index in [4.69, 9.17) is 0 Å². The summed E-state index contributed by atoms with van der Waals surface area (Å²) in [4.78, 5) is 24.0. The molecule has 2 aliphatic rings. The van der Waals surface area contributed by atoms with Crippen molar-refractivity contribution in [2.75, 3.05) is 0 Å². The number of rotatable bonds is 0. The summed E-state index contributed by atoms with van der Waals surface area (Å²) < 4.78 is 0. The Balaban J connectivity index is 2.09. The van der Waals surface area contributed by atoms with E-state index >= 15 is 0 Å². The Morgan fingerprint density at radius 3 is 2.45 bits per heavy atom. The summed E-state index contributed by atoms with van der Waals surface area (Å²) >= 11 is 0. The lowest BCUT2D eigenvalue weighted by Crippen LogP contribution is -2.27. The summed E-state index contributed by atoms with van der Waals surface area (Å²) in [6, 6.07) is 11.4. The number of ketones is 2. The monoisotopic (exact) mass is 258 g/mol. The van der Waals surface area contributed by atoms with Crippen LogP contribution in [0, 0.1) is 0 Å². The summed E-state index contributed by atoms with van der Waals surface area (Å²) in [5.74, 6) is -0.0126. The van der Waals surface area contributed by atoms with Crippen LogP contribution in [0.25, 0.3) is 18.2 Å². The van der Waals surface area contributed by atoms with Gasteiger partial charge in [-0.15, -0.1) is 0 Å². The quantitative estimate of drug-likeness (QED) is 0.611. The van der Waals surface area contributed by atoms with Crippen molar-refractivity contribution < 1.29 is 9.59 Å². The molecule has 0 aromatic heterocycles. The SMILES string of the molecule is O=C1C=Cc2cc3c(cc2=C1)C(=O)c1ccccc1C=3. The van der Waals surface area contributed by atoms with E-state index in [-0.39, 0.29) is 11.6 Å². The molecule has 2 aromatic rings. The number of hydrogen-bond donors (Lipinski definition) is 0. The van der Waals surface area contributed by atoms with Crippen LogP contribution in [-0.2, 0) is 4.79 Å². The molecule has 0 atom stereocenters. The lowest BCUT2D eigenvalue weighted by atomic mass is 9.89. The molecule has 94 valence electrons. The minimum Gasteiger partial charge on any atom is -0.290 e. The van der Waals surface area contributed by atoms with Gasteiger partial charge in [-0.25, -0.2) is 0 Å². The molecule has 0 radical (unpaired) electrons. The van der Waals surface area contributed by atoms with Gasteiger partial charge in [0, 0.05) is 11.1 Å². The number of carbonyl (C=O) groups is 2. The fraction of sp³-hybridized carbons (Fsp3) is 0. The third-order valence-electron chi connectivity index (χ3n) is 3.74. The number of allylic oxidation sites excluding steroid dienone is 1. The Labute approximate surface area is 115 Å². The second-order valence-electron chi connectivity index (χ2n) is 5.01. The van der Waals surface area contributed by atoms with Gasteiger partial charge in [0.2, 0.25) is 0 Å². The zero-order valence-electron chi connectivity index (χ0n) is 10.6. The third kappa shape index (κ3) is 1.51. The van der Waals surface area contributed by atoms with Gasteiger partial charge in [0.1, 0.15) is 0 Å². The molecule has 20 heavy (non-hydrogen) atoms. The van der Waals surface area contributed by atoms with Crippen LogP contribution in [0.2, 0.25) is 0 Å². The van der Waals surface area contributed by atoms with Gasteiger partial charge in [-0.1, -0.05) is 30.3 Å². The second-order valence-corrected chi connectivity index (χ2v) is 5.01. The predicted octanol–water partition coefficient (Wildman–Crippen LogP) is 1.44. The standard InChI is InChI=1S/C18H10O2/c19-15-6-5-11-7-14-8-12-3-1-2-4-16(12)18(20)17(14)10-13(11)9-15/h1-10H. The Hall–Kier alpha value is -2.74. The first kappa shape index (κ1) is 11.1. The number of benzene rings is 2. The molecule has 2 aliphatic carbocycles. The molecule has 0 heterocycles. The minimum atomic E-state index is -0.0370. The van der Waals surface area contributed by atoms with Crippen LogP contribution < -0.4 is 10.4 Å². The van der Waals surface area contributed by atoms with Crippen LogP contribution in [0.4, 0.5) is 0 Å². The fourth-order valence-electron chi connectivity index (χ4n) is 2.75. The molecular weight excluding hydrogens is 248 g/mol. The molecular formula is C18H10O2. The summed E-state index contributed by atoms with van der Waals surface area (Å²) in [7, 11) is 0. The molecule has 2 heteroatoms. The summed E-state index contributed by atoms with van der Waals surface area (Å²) in [5, 5.41) is 1.73. The molecule has 4 rings (SSSR count). The van der Waals surface area contributed by atoms with E-state index in [1.54, 1.807) is 18.2 Å². The second kappa shape index (κ2) is 3.87. The van der Waals surface area contributed by atoms with Gasteiger partial charge in [-0.2, -0.15) is 0 Å².